The van der Waals surface area contributed by atoms with Gasteiger partial charge >= 0.3 is 0 Å². The summed E-state index contributed by atoms with van der Waals surface area (Å²) < 4.78 is 1.74. The first kappa shape index (κ1) is 10.6. The maximum absolute atomic E-state index is 6.12. The van der Waals surface area contributed by atoms with Gasteiger partial charge in [-0.2, -0.15) is 5.10 Å². The van der Waals surface area contributed by atoms with Crippen molar-refractivity contribution in [2.75, 3.05) is 0 Å². The van der Waals surface area contributed by atoms with Crippen LogP contribution < -0.4 is 0 Å². The Morgan fingerprint density at radius 1 is 1.29 bits per heavy atom. The summed E-state index contributed by atoms with van der Waals surface area (Å²) in [5.74, 6) is 0. The molecule has 86 valence electrons. The second-order valence-corrected chi connectivity index (χ2v) is 4.55. The van der Waals surface area contributed by atoms with Gasteiger partial charge in [0.15, 0.2) is 0 Å². The van der Waals surface area contributed by atoms with Crippen LogP contribution in [-0.4, -0.2) is 19.7 Å². The van der Waals surface area contributed by atoms with Crippen LogP contribution in [0.2, 0.25) is 10.0 Å². The van der Waals surface area contributed by atoms with Crippen molar-refractivity contribution in [3.8, 4) is 11.3 Å². The summed E-state index contributed by atoms with van der Waals surface area (Å²) in [6.45, 7) is 0. The molecule has 17 heavy (non-hydrogen) atoms. The number of pyridine rings is 1. The Bertz CT molecular complexity index is 699. The van der Waals surface area contributed by atoms with Gasteiger partial charge in [-0.15, -0.1) is 0 Å². The fraction of sp³-hybridized carbons (Fsp3) is 0.0909. The second kappa shape index (κ2) is 3.75. The zero-order valence-corrected chi connectivity index (χ0v) is 10.4. The largest absolute Gasteiger partial charge is 0.339 e. The average Bonchev–Trinajstić information content (AvgIpc) is 2.90. The number of aromatic amines is 1. The molecule has 0 bridgehead atoms. The van der Waals surface area contributed by atoms with Crippen molar-refractivity contribution in [1.29, 1.82) is 0 Å². The molecule has 4 nitrogen and oxygen atoms in total. The lowest BCUT2D eigenvalue weighted by atomic mass is 10.2. The van der Waals surface area contributed by atoms with E-state index in [9.17, 15) is 0 Å². The molecule has 0 spiro atoms. The van der Waals surface area contributed by atoms with Crippen LogP contribution in [0.25, 0.3) is 22.3 Å². The minimum atomic E-state index is 0.455. The molecule has 0 fully saturated rings. The highest BCUT2D eigenvalue weighted by Gasteiger charge is 2.10. The number of hydrogen-bond acceptors (Lipinski definition) is 2. The minimum Gasteiger partial charge on any atom is -0.339 e. The monoisotopic (exact) mass is 266 g/mol. The van der Waals surface area contributed by atoms with E-state index in [2.05, 4.69) is 15.1 Å². The molecule has 3 aromatic heterocycles. The number of rotatable bonds is 1. The molecular formula is C11H8Cl2N4. The van der Waals surface area contributed by atoms with Gasteiger partial charge in [0.2, 0.25) is 0 Å². The highest BCUT2D eigenvalue weighted by molar-refractivity contribution is 6.45. The zero-order chi connectivity index (χ0) is 12.0. The molecule has 0 radical (unpaired) electrons. The fourth-order valence-corrected chi connectivity index (χ4v) is 2.08. The molecule has 0 amide bonds. The Morgan fingerprint density at radius 2 is 2.12 bits per heavy atom. The van der Waals surface area contributed by atoms with E-state index in [1.807, 2.05) is 19.3 Å². The Hall–Kier alpha value is -1.52. The van der Waals surface area contributed by atoms with Gasteiger partial charge in [0.05, 0.1) is 21.9 Å². The highest BCUT2D eigenvalue weighted by Crippen LogP contribution is 2.32. The number of halogens is 2. The van der Waals surface area contributed by atoms with Crippen LogP contribution in [0.4, 0.5) is 0 Å². The third-order valence-electron chi connectivity index (χ3n) is 2.57. The lowest BCUT2D eigenvalue weighted by molar-refractivity contribution is 0.768. The second-order valence-electron chi connectivity index (χ2n) is 3.77. The van der Waals surface area contributed by atoms with Gasteiger partial charge in [0, 0.05) is 30.4 Å². The average molecular weight is 267 g/mol. The van der Waals surface area contributed by atoms with Gasteiger partial charge in [0.1, 0.15) is 5.65 Å². The summed E-state index contributed by atoms with van der Waals surface area (Å²) >= 11 is 12.0. The van der Waals surface area contributed by atoms with E-state index < -0.39 is 0 Å². The van der Waals surface area contributed by atoms with Crippen LogP contribution in [0.15, 0.2) is 24.7 Å². The molecule has 0 saturated carbocycles. The third kappa shape index (κ3) is 1.69. The van der Waals surface area contributed by atoms with Crippen molar-refractivity contribution in [2.24, 2.45) is 7.05 Å². The van der Waals surface area contributed by atoms with Crippen molar-refractivity contribution in [3.63, 3.8) is 0 Å². The van der Waals surface area contributed by atoms with E-state index in [1.165, 1.54) is 6.20 Å². The van der Waals surface area contributed by atoms with E-state index in [1.54, 1.807) is 10.9 Å². The van der Waals surface area contributed by atoms with E-state index in [-0.39, 0.29) is 0 Å². The Balaban J connectivity index is 2.23. The summed E-state index contributed by atoms with van der Waals surface area (Å²) in [6, 6.07) is 1.92. The molecule has 0 saturated heterocycles. The van der Waals surface area contributed by atoms with Crippen LogP contribution in [-0.2, 0) is 7.05 Å². The first-order valence-corrected chi connectivity index (χ1v) is 5.72. The van der Waals surface area contributed by atoms with Crippen molar-refractivity contribution in [2.45, 2.75) is 0 Å². The number of fused-ring (bicyclic) bond motifs is 1. The number of H-pyrrole nitrogens is 1. The fourth-order valence-electron chi connectivity index (χ4n) is 1.74. The molecule has 0 aliphatic carbocycles. The van der Waals surface area contributed by atoms with Gasteiger partial charge in [-0.1, -0.05) is 23.2 Å². The molecule has 3 rings (SSSR count). The Morgan fingerprint density at radius 3 is 2.82 bits per heavy atom. The van der Waals surface area contributed by atoms with E-state index in [4.69, 9.17) is 23.2 Å². The third-order valence-corrected chi connectivity index (χ3v) is 3.36. The Labute approximate surface area is 107 Å². The number of aromatic nitrogens is 4. The number of aryl methyl sites for hydroxylation is 1. The molecule has 3 heterocycles. The van der Waals surface area contributed by atoms with Gasteiger partial charge in [0.25, 0.3) is 0 Å². The molecule has 0 aromatic carbocycles. The number of nitrogens with zero attached hydrogens (tertiary/aromatic N) is 3. The highest BCUT2D eigenvalue weighted by atomic mass is 35.5. The number of hydrogen-bond donors (Lipinski definition) is 1. The lowest BCUT2D eigenvalue weighted by Gasteiger charge is -1.94. The Kier molecular flexibility index (Phi) is 2.34. The molecular weight excluding hydrogens is 259 g/mol. The summed E-state index contributed by atoms with van der Waals surface area (Å²) in [7, 11) is 1.87. The van der Waals surface area contributed by atoms with Gasteiger partial charge < -0.3 is 4.98 Å². The van der Waals surface area contributed by atoms with Crippen LogP contribution in [0.3, 0.4) is 0 Å². The predicted molar refractivity (Wildman–Crippen MR) is 68.3 cm³/mol. The first-order chi connectivity index (χ1) is 8.15. The van der Waals surface area contributed by atoms with Crippen LogP contribution in [0.5, 0.6) is 0 Å². The van der Waals surface area contributed by atoms with Crippen molar-refractivity contribution < 1.29 is 0 Å². The first-order valence-electron chi connectivity index (χ1n) is 4.97. The summed E-state index contributed by atoms with van der Waals surface area (Å²) in [5.41, 5.74) is 2.63. The maximum atomic E-state index is 6.12. The normalized spacial score (nSPS) is 11.2. The molecule has 0 unspecified atom stereocenters. The van der Waals surface area contributed by atoms with Crippen LogP contribution in [0.1, 0.15) is 0 Å². The summed E-state index contributed by atoms with van der Waals surface area (Å²) in [6.07, 6.45) is 5.23. The standard InChI is InChI=1S/C11H8Cl2N4/c1-17-5-6(3-15-17)9-2-7-10(13)8(12)4-14-11(7)16-9/h2-5H,1H3,(H,14,16). The minimum absolute atomic E-state index is 0.455. The van der Waals surface area contributed by atoms with Crippen LogP contribution >= 0.6 is 23.2 Å². The van der Waals surface area contributed by atoms with E-state index in [0.29, 0.717) is 10.0 Å². The van der Waals surface area contributed by atoms with Gasteiger partial charge in [-0.05, 0) is 6.07 Å². The molecule has 0 aliphatic heterocycles. The summed E-state index contributed by atoms with van der Waals surface area (Å²) in [4.78, 5) is 7.38. The van der Waals surface area contributed by atoms with Crippen molar-refractivity contribution in [1.82, 2.24) is 19.7 Å². The predicted octanol–water partition coefficient (Wildman–Crippen LogP) is 3.27. The number of nitrogens with one attached hydrogen (secondary N) is 1. The molecule has 3 aromatic rings. The molecule has 1 N–H and O–H groups in total. The molecule has 0 aliphatic rings. The topological polar surface area (TPSA) is 46.5 Å². The molecule has 0 atom stereocenters. The van der Waals surface area contributed by atoms with Gasteiger partial charge in [-0.25, -0.2) is 4.98 Å². The van der Waals surface area contributed by atoms with Gasteiger partial charge in [-0.3, -0.25) is 4.68 Å². The maximum Gasteiger partial charge on any atom is 0.139 e. The quantitative estimate of drug-likeness (QED) is 0.735. The van der Waals surface area contributed by atoms with Crippen molar-refractivity contribution >= 4 is 34.2 Å². The van der Waals surface area contributed by atoms with Crippen molar-refractivity contribution in [3.05, 3.63) is 34.7 Å². The smallest absolute Gasteiger partial charge is 0.139 e. The zero-order valence-electron chi connectivity index (χ0n) is 8.91. The SMILES string of the molecule is Cn1cc(-c2cc3c(Cl)c(Cl)cnc3[nH]2)cn1. The van der Waals surface area contributed by atoms with Crippen LogP contribution in [0, 0.1) is 0 Å². The lowest BCUT2D eigenvalue weighted by Crippen LogP contribution is -1.84. The summed E-state index contributed by atoms with van der Waals surface area (Å²) in [5, 5.41) is 5.91. The van der Waals surface area contributed by atoms with E-state index in [0.717, 1.165) is 22.3 Å². The van der Waals surface area contributed by atoms with E-state index >= 15 is 0 Å². The molecule has 6 heteroatoms.